The fraction of sp³-hybridized carbons (Fsp3) is 0.636. The number of hydrogen-bond acceptors (Lipinski definition) is 5. The van der Waals surface area contributed by atoms with E-state index in [4.69, 9.17) is 9.47 Å². The second-order valence-electron chi connectivity index (χ2n) is 4.61. The topological polar surface area (TPSA) is 55.8 Å². The molecule has 3 heterocycles. The van der Waals surface area contributed by atoms with Crippen LogP contribution in [-0.2, 0) is 19.5 Å². The number of nitrogens with zero attached hydrogens (tertiary/aromatic N) is 1. The van der Waals surface area contributed by atoms with Crippen molar-refractivity contribution in [1.29, 1.82) is 0 Å². The van der Waals surface area contributed by atoms with Gasteiger partial charge in [-0.15, -0.1) is 11.3 Å². The molecule has 1 aromatic heterocycles. The summed E-state index contributed by atoms with van der Waals surface area (Å²) in [7, 11) is -3.47. The smallest absolute Gasteiger partial charge is 0.253 e. The summed E-state index contributed by atoms with van der Waals surface area (Å²) in [5, 5.41) is 1.76. The van der Waals surface area contributed by atoms with E-state index >= 15 is 0 Å². The Morgan fingerprint density at radius 2 is 2.11 bits per heavy atom. The van der Waals surface area contributed by atoms with Crippen molar-refractivity contribution in [3.63, 3.8) is 0 Å². The van der Waals surface area contributed by atoms with Gasteiger partial charge in [0, 0.05) is 17.4 Å². The number of ether oxygens (including phenoxy) is 2. The molecule has 2 fully saturated rings. The minimum absolute atomic E-state index is 0.277. The molecular formula is C11H14BrNO4S2. The van der Waals surface area contributed by atoms with Gasteiger partial charge < -0.3 is 9.47 Å². The highest BCUT2D eigenvalue weighted by Gasteiger charge is 2.44. The zero-order chi connectivity index (χ0) is 13.5. The highest BCUT2D eigenvalue weighted by atomic mass is 79.9. The molecule has 3 rings (SSSR count). The number of thiophene rings is 1. The maximum atomic E-state index is 12.6. The molecule has 0 saturated carbocycles. The number of hydrogen-bond donors (Lipinski definition) is 0. The zero-order valence-corrected chi connectivity index (χ0v) is 13.4. The molecular weight excluding hydrogens is 354 g/mol. The third-order valence-corrected chi connectivity index (χ3v) is 7.85. The molecule has 0 amide bonds. The lowest BCUT2D eigenvalue weighted by molar-refractivity contribution is -0.179. The van der Waals surface area contributed by atoms with E-state index in [1.54, 1.807) is 11.4 Å². The van der Waals surface area contributed by atoms with E-state index in [9.17, 15) is 8.42 Å². The van der Waals surface area contributed by atoms with Crippen molar-refractivity contribution in [1.82, 2.24) is 4.31 Å². The van der Waals surface area contributed by atoms with E-state index in [2.05, 4.69) is 15.9 Å². The van der Waals surface area contributed by atoms with Crippen molar-refractivity contribution < 1.29 is 17.9 Å². The van der Waals surface area contributed by atoms with E-state index in [1.165, 1.54) is 15.6 Å². The van der Waals surface area contributed by atoms with Gasteiger partial charge in [0.25, 0.3) is 10.0 Å². The van der Waals surface area contributed by atoms with Crippen LogP contribution in [0.5, 0.6) is 0 Å². The van der Waals surface area contributed by atoms with Crippen molar-refractivity contribution in [3.8, 4) is 0 Å². The molecule has 0 atom stereocenters. The lowest BCUT2D eigenvalue weighted by Gasteiger charge is -2.37. The second-order valence-corrected chi connectivity index (χ2v) is 8.51. The van der Waals surface area contributed by atoms with Gasteiger partial charge in [-0.2, -0.15) is 4.31 Å². The van der Waals surface area contributed by atoms with Crippen LogP contribution >= 0.6 is 27.3 Å². The zero-order valence-electron chi connectivity index (χ0n) is 10.2. The second kappa shape index (κ2) is 5.09. The highest BCUT2D eigenvalue weighted by Crippen LogP contribution is 2.36. The first-order valence-corrected chi connectivity index (χ1v) is 9.16. The maximum Gasteiger partial charge on any atom is 0.253 e. The summed E-state index contributed by atoms with van der Waals surface area (Å²) >= 11 is 4.51. The molecule has 1 aromatic rings. The van der Waals surface area contributed by atoms with Crippen LogP contribution in [0.25, 0.3) is 0 Å². The Balaban J connectivity index is 1.87. The third-order valence-electron chi connectivity index (χ3n) is 3.35. The number of piperidine rings is 1. The van der Waals surface area contributed by atoms with Crippen molar-refractivity contribution in [3.05, 3.63) is 15.9 Å². The standard InChI is InChI=1S/C11H14BrNO4S2/c12-9-2-7-18-10(9)19(14,15)13-4-1-3-11(8-13)16-5-6-17-11/h2,7H,1,3-6,8H2. The van der Waals surface area contributed by atoms with Gasteiger partial charge in [0.1, 0.15) is 4.21 Å². The van der Waals surface area contributed by atoms with E-state index in [0.29, 0.717) is 28.4 Å². The minimum Gasteiger partial charge on any atom is -0.346 e. The largest absolute Gasteiger partial charge is 0.346 e. The van der Waals surface area contributed by atoms with E-state index in [-0.39, 0.29) is 6.54 Å². The third kappa shape index (κ3) is 2.50. The van der Waals surface area contributed by atoms with Crippen molar-refractivity contribution in [2.45, 2.75) is 22.8 Å². The van der Waals surface area contributed by atoms with Gasteiger partial charge in [-0.05, 0) is 33.8 Å². The molecule has 5 nitrogen and oxygen atoms in total. The molecule has 0 aromatic carbocycles. The molecule has 0 aliphatic carbocycles. The lowest BCUT2D eigenvalue weighted by atomic mass is 10.1. The van der Waals surface area contributed by atoms with Gasteiger partial charge in [0.15, 0.2) is 5.79 Å². The van der Waals surface area contributed by atoms with E-state index in [1.807, 2.05) is 0 Å². The molecule has 1 spiro atoms. The average molecular weight is 368 g/mol. The summed E-state index contributed by atoms with van der Waals surface area (Å²) in [5.41, 5.74) is 0. The van der Waals surface area contributed by atoms with Gasteiger partial charge in [0.2, 0.25) is 0 Å². The van der Waals surface area contributed by atoms with E-state index < -0.39 is 15.8 Å². The van der Waals surface area contributed by atoms with Crippen LogP contribution in [0.15, 0.2) is 20.1 Å². The number of halogens is 1. The van der Waals surface area contributed by atoms with Gasteiger partial charge >= 0.3 is 0 Å². The molecule has 2 saturated heterocycles. The molecule has 19 heavy (non-hydrogen) atoms. The first kappa shape index (κ1) is 14.0. The Hall–Kier alpha value is 0.01000. The summed E-state index contributed by atoms with van der Waals surface area (Å²) in [5.74, 6) is -0.727. The lowest BCUT2D eigenvalue weighted by Crippen LogP contribution is -2.50. The predicted molar refractivity (Wildman–Crippen MR) is 74.6 cm³/mol. The van der Waals surface area contributed by atoms with Crippen LogP contribution in [-0.4, -0.2) is 44.8 Å². The van der Waals surface area contributed by atoms with Crippen LogP contribution in [0.2, 0.25) is 0 Å². The SMILES string of the molecule is O=S(=O)(c1sccc1Br)N1CCCC2(C1)OCCO2. The van der Waals surface area contributed by atoms with E-state index in [0.717, 1.165) is 12.8 Å². The first-order chi connectivity index (χ1) is 9.04. The molecule has 0 unspecified atom stereocenters. The highest BCUT2D eigenvalue weighted by molar-refractivity contribution is 9.10. The number of rotatable bonds is 2. The molecule has 106 valence electrons. The summed E-state index contributed by atoms with van der Waals surface area (Å²) in [6.45, 7) is 1.87. The quantitative estimate of drug-likeness (QED) is 0.802. The Kier molecular flexibility index (Phi) is 3.74. The summed E-state index contributed by atoms with van der Waals surface area (Å²) in [6.07, 6.45) is 1.51. The van der Waals surface area contributed by atoms with Crippen LogP contribution < -0.4 is 0 Å². The van der Waals surface area contributed by atoms with Crippen molar-refractivity contribution in [2.75, 3.05) is 26.3 Å². The fourth-order valence-corrected chi connectivity index (χ4v) is 6.43. The molecule has 0 N–H and O–H groups in total. The fourth-order valence-electron chi connectivity index (χ4n) is 2.47. The Labute approximate surface area is 124 Å². The summed E-state index contributed by atoms with van der Waals surface area (Å²) < 4.78 is 38.9. The van der Waals surface area contributed by atoms with Gasteiger partial charge in [-0.3, -0.25) is 0 Å². The molecule has 2 aliphatic rings. The average Bonchev–Trinajstić information content (AvgIpc) is 2.99. The first-order valence-electron chi connectivity index (χ1n) is 6.05. The van der Waals surface area contributed by atoms with Crippen LogP contribution in [0.4, 0.5) is 0 Å². The number of sulfonamides is 1. The summed E-state index contributed by atoms with van der Waals surface area (Å²) in [4.78, 5) is 0. The molecule has 8 heteroatoms. The van der Waals surface area contributed by atoms with Crippen LogP contribution in [0.3, 0.4) is 0 Å². The monoisotopic (exact) mass is 367 g/mol. The van der Waals surface area contributed by atoms with Gasteiger partial charge in [-0.25, -0.2) is 8.42 Å². The van der Waals surface area contributed by atoms with Crippen molar-refractivity contribution >= 4 is 37.3 Å². The van der Waals surface area contributed by atoms with Crippen LogP contribution in [0, 0.1) is 0 Å². The Bertz CT molecular complexity index is 565. The Morgan fingerprint density at radius 1 is 1.37 bits per heavy atom. The predicted octanol–water partition coefficient (Wildman–Crippen LogP) is 2.04. The maximum absolute atomic E-state index is 12.6. The van der Waals surface area contributed by atoms with Gasteiger partial charge in [-0.1, -0.05) is 0 Å². The van der Waals surface area contributed by atoms with Crippen molar-refractivity contribution in [2.24, 2.45) is 0 Å². The molecule has 2 aliphatic heterocycles. The normalized spacial score (nSPS) is 24.1. The molecule has 0 radical (unpaired) electrons. The molecule has 0 bridgehead atoms. The minimum atomic E-state index is -3.47. The Morgan fingerprint density at radius 3 is 2.74 bits per heavy atom. The van der Waals surface area contributed by atoms with Crippen LogP contribution in [0.1, 0.15) is 12.8 Å². The van der Waals surface area contributed by atoms with Gasteiger partial charge in [0.05, 0.1) is 19.8 Å². The summed E-state index contributed by atoms with van der Waals surface area (Å²) in [6, 6.07) is 1.75.